The van der Waals surface area contributed by atoms with Gasteiger partial charge in [-0.15, -0.1) is 5.10 Å². The van der Waals surface area contributed by atoms with Crippen molar-refractivity contribution in [3.05, 3.63) is 47.3 Å². The summed E-state index contributed by atoms with van der Waals surface area (Å²) in [6.07, 6.45) is 1.64. The molecule has 0 aliphatic heterocycles. The normalized spacial score (nSPS) is 10.0. The summed E-state index contributed by atoms with van der Waals surface area (Å²) in [5, 5.41) is 19.1. The van der Waals surface area contributed by atoms with E-state index < -0.39 is 0 Å². The van der Waals surface area contributed by atoms with Crippen LogP contribution in [0.2, 0.25) is 0 Å². The quantitative estimate of drug-likeness (QED) is 0.790. The van der Waals surface area contributed by atoms with Crippen molar-refractivity contribution in [2.24, 2.45) is 5.73 Å². The topological polar surface area (TPSA) is 110 Å². The molecule has 1 amide bonds. The number of carbonyl (C=O) groups is 1. The lowest BCUT2D eigenvalue weighted by Gasteiger charge is -2.05. The molecule has 1 heterocycles. The maximum Gasteiger partial charge on any atom is 0.242 e. The van der Waals surface area contributed by atoms with Crippen LogP contribution in [0.3, 0.4) is 0 Å². The van der Waals surface area contributed by atoms with Crippen LogP contribution in [-0.4, -0.2) is 20.9 Å². The summed E-state index contributed by atoms with van der Waals surface area (Å²) in [5.41, 5.74) is 7.58. The Kier molecular flexibility index (Phi) is 4.42. The molecule has 0 radical (unpaired) electrons. The Bertz CT molecular complexity index is 625. The Morgan fingerprint density at radius 3 is 2.75 bits per heavy atom. The van der Waals surface area contributed by atoms with Crippen LogP contribution in [0.4, 0.5) is 0 Å². The second-order valence-electron chi connectivity index (χ2n) is 4.20. The molecule has 2 aromatic rings. The largest absolute Gasteiger partial charge is 0.350 e. The number of benzene rings is 1. The molecule has 0 fully saturated rings. The number of amides is 1. The van der Waals surface area contributed by atoms with Gasteiger partial charge in [-0.1, -0.05) is 17.3 Å². The minimum Gasteiger partial charge on any atom is -0.350 e. The molecule has 0 saturated carbocycles. The van der Waals surface area contributed by atoms with Crippen molar-refractivity contribution >= 4 is 5.91 Å². The van der Waals surface area contributed by atoms with Crippen molar-refractivity contribution in [3.63, 3.8) is 0 Å². The Morgan fingerprint density at radius 2 is 2.15 bits per heavy atom. The van der Waals surface area contributed by atoms with Crippen LogP contribution in [0.5, 0.6) is 0 Å². The lowest BCUT2D eigenvalue weighted by Crippen LogP contribution is -2.27. The summed E-state index contributed by atoms with van der Waals surface area (Å²) >= 11 is 0. The minimum absolute atomic E-state index is 0.100. The minimum atomic E-state index is -0.164. The maximum atomic E-state index is 11.7. The molecule has 0 bridgehead atoms. The van der Waals surface area contributed by atoms with Crippen LogP contribution >= 0.6 is 0 Å². The number of nitrogens with zero attached hydrogens (tertiary/aromatic N) is 4. The van der Waals surface area contributed by atoms with E-state index in [0.29, 0.717) is 24.3 Å². The van der Waals surface area contributed by atoms with Gasteiger partial charge in [0.2, 0.25) is 5.91 Å². The molecule has 0 atom stereocenters. The highest BCUT2D eigenvalue weighted by atomic mass is 16.2. The fraction of sp³-hybridized carbons (Fsp3) is 0.231. The van der Waals surface area contributed by atoms with Gasteiger partial charge in [0.25, 0.3) is 0 Å². The van der Waals surface area contributed by atoms with E-state index in [1.807, 2.05) is 6.07 Å². The summed E-state index contributed by atoms with van der Waals surface area (Å²) in [6.45, 7) is 0.805. The summed E-state index contributed by atoms with van der Waals surface area (Å²) in [5.74, 6) is -0.164. The third-order valence-corrected chi connectivity index (χ3v) is 2.67. The number of nitrogens with one attached hydrogen (secondary N) is 1. The molecule has 0 saturated heterocycles. The Balaban J connectivity index is 1.84. The van der Waals surface area contributed by atoms with Crippen molar-refractivity contribution in [3.8, 4) is 6.07 Å². The van der Waals surface area contributed by atoms with Gasteiger partial charge in [-0.2, -0.15) is 5.26 Å². The third-order valence-electron chi connectivity index (χ3n) is 2.67. The average Bonchev–Trinajstić information content (AvgIpc) is 2.93. The Morgan fingerprint density at radius 1 is 1.40 bits per heavy atom. The summed E-state index contributed by atoms with van der Waals surface area (Å²) in [4.78, 5) is 11.7. The molecular formula is C13H14N6O. The zero-order chi connectivity index (χ0) is 14.4. The highest BCUT2D eigenvalue weighted by molar-refractivity contribution is 5.75. The first-order valence-corrected chi connectivity index (χ1v) is 6.06. The predicted molar refractivity (Wildman–Crippen MR) is 70.9 cm³/mol. The van der Waals surface area contributed by atoms with Crippen molar-refractivity contribution in [1.29, 1.82) is 5.26 Å². The summed E-state index contributed by atoms with van der Waals surface area (Å²) in [7, 11) is 0. The van der Waals surface area contributed by atoms with E-state index >= 15 is 0 Å². The predicted octanol–water partition coefficient (Wildman–Crippen LogP) is -0.0751. The van der Waals surface area contributed by atoms with Gasteiger partial charge in [-0.05, 0) is 17.7 Å². The fourth-order valence-corrected chi connectivity index (χ4v) is 1.61. The van der Waals surface area contributed by atoms with Gasteiger partial charge in [-0.3, -0.25) is 4.79 Å². The number of hydrogen-bond donors (Lipinski definition) is 2. The zero-order valence-corrected chi connectivity index (χ0v) is 10.8. The summed E-state index contributed by atoms with van der Waals surface area (Å²) < 4.78 is 1.44. The second kappa shape index (κ2) is 6.45. The maximum absolute atomic E-state index is 11.7. The van der Waals surface area contributed by atoms with E-state index in [2.05, 4.69) is 15.6 Å². The molecule has 0 aliphatic rings. The molecule has 20 heavy (non-hydrogen) atoms. The molecule has 1 aromatic carbocycles. The van der Waals surface area contributed by atoms with E-state index in [9.17, 15) is 4.79 Å². The first-order valence-electron chi connectivity index (χ1n) is 6.06. The fourth-order valence-electron chi connectivity index (χ4n) is 1.61. The molecule has 2 rings (SSSR count). The number of carbonyl (C=O) groups excluding carboxylic acids is 1. The lowest BCUT2D eigenvalue weighted by molar-refractivity contribution is -0.122. The van der Waals surface area contributed by atoms with E-state index in [1.54, 1.807) is 30.5 Å². The molecule has 7 heteroatoms. The van der Waals surface area contributed by atoms with Gasteiger partial charge in [0, 0.05) is 13.1 Å². The van der Waals surface area contributed by atoms with Gasteiger partial charge in [0.1, 0.15) is 6.54 Å². The molecule has 0 spiro atoms. The van der Waals surface area contributed by atoms with Crippen LogP contribution in [0.1, 0.15) is 16.8 Å². The Hall–Kier alpha value is -2.72. The van der Waals surface area contributed by atoms with Crippen molar-refractivity contribution in [2.45, 2.75) is 19.6 Å². The van der Waals surface area contributed by atoms with Gasteiger partial charge < -0.3 is 11.1 Å². The van der Waals surface area contributed by atoms with Gasteiger partial charge >= 0.3 is 0 Å². The number of rotatable bonds is 5. The molecule has 7 nitrogen and oxygen atoms in total. The van der Waals surface area contributed by atoms with Crippen molar-refractivity contribution < 1.29 is 4.79 Å². The van der Waals surface area contributed by atoms with Gasteiger partial charge in [0.05, 0.1) is 23.5 Å². The van der Waals surface area contributed by atoms with Crippen molar-refractivity contribution in [1.82, 2.24) is 20.3 Å². The Labute approximate surface area is 116 Å². The van der Waals surface area contributed by atoms with Crippen LogP contribution in [0.15, 0.2) is 30.5 Å². The van der Waals surface area contributed by atoms with Crippen LogP contribution in [-0.2, 0) is 24.4 Å². The van der Waals surface area contributed by atoms with Gasteiger partial charge in [0.15, 0.2) is 0 Å². The SMILES string of the molecule is N#Cc1ccc(CNC(=O)Cn2cc(CN)nn2)cc1. The third kappa shape index (κ3) is 3.63. The zero-order valence-electron chi connectivity index (χ0n) is 10.8. The van der Waals surface area contributed by atoms with Crippen molar-refractivity contribution in [2.75, 3.05) is 0 Å². The molecule has 3 N–H and O–H groups in total. The smallest absolute Gasteiger partial charge is 0.242 e. The van der Waals surface area contributed by atoms with E-state index in [1.165, 1.54) is 4.68 Å². The summed E-state index contributed by atoms with van der Waals surface area (Å²) in [6, 6.07) is 9.09. The first-order chi connectivity index (χ1) is 9.71. The monoisotopic (exact) mass is 270 g/mol. The first kappa shape index (κ1) is 13.7. The van der Waals surface area contributed by atoms with E-state index in [-0.39, 0.29) is 12.5 Å². The standard InChI is InChI=1S/C13H14N6O/c14-5-10-1-3-11(4-2-10)7-16-13(20)9-19-8-12(6-15)17-18-19/h1-4,8H,6-7,9,15H2,(H,16,20). The van der Waals surface area contributed by atoms with Crippen LogP contribution < -0.4 is 11.1 Å². The number of nitriles is 1. The second-order valence-corrected chi connectivity index (χ2v) is 4.20. The van der Waals surface area contributed by atoms with Crippen LogP contribution in [0, 0.1) is 11.3 Å². The molecule has 1 aromatic heterocycles. The molecule has 0 aliphatic carbocycles. The number of aromatic nitrogens is 3. The highest BCUT2D eigenvalue weighted by Crippen LogP contribution is 2.02. The van der Waals surface area contributed by atoms with Gasteiger partial charge in [-0.25, -0.2) is 4.68 Å². The molecule has 0 unspecified atom stereocenters. The average molecular weight is 270 g/mol. The van der Waals surface area contributed by atoms with E-state index in [0.717, 1.165) is 5.56 Å². The van der Waals surface area contributed by atoms with E-state index in [4.69, 9.17) is 11.0 Å². The van der Waals surface area contributed by atoms with Crippen LogP contribution in [0.25, 0.3) is 0 Å². The number of hydrogen-bond acceptors (Lipinski definition) is 5. The lowest BCUT2D eigenvalue weighted by atomic mass is 10.1. The molecular weight excluding hydrogens is 256 g/mol. The highest BCUT2D eigenvalue weighted by Gasteiger charge is 2.05. The molecule has 102 valence electrons. The number of nitrogens with two attached hydrogens (primary N) is 1.